The van der Waals surface area contributed by atoms with Gasteiger partial charge in [0.2, 0.25) is 0 Å². The van der Waals surface area contributed by atoms with Gasteiger partial charge in [0.05, 0.1) is 10.4 Å². The van der Waals surface area contributed by atoms with Crippen molar-refractivity contribution in [2.75, 3.05) is 49.1 Å². The number of nitrogens with zero attached hydrogens (tertiary/aromatic N) is 3. The Labute approximate surface area is 188 Å². The molecule has 0 atom stereocenters. The molecule has 9 heteroatoms. The highest BCUT2D eigenvalue weighted by molar-refractivity contribution is 7.90. The molecular formula is C23H28N4O4S. The number of carbonyl (C=O) groups is 1. The van der Waals surface area contributed by atoms with E-state index in [-0.39, 0.29) is 6.47 Å². The van der Waals surface area contributed by atoms with E-state index in [9.17, 15) is 8.42 Å². The lowest BCUT2D eigenvalue weighted by Gasteiger charge is -2.30. The topological polar surface area (TPSA) is 94.9 Å². The van der Waals surface area contributed by atoms with E-state index >= 15 is 0 Å². The molecule has 0 amide bonds. The van der Waals surface area contributed by atoms with Crippen LogP contribution in [-0.2, 0) is 14.8 Å². The third-order valence-corrected chi connectivity index (χ3v) is 7.70. The summed E-state index contributed by atoms with van der Waals surface area (Å²) < 4.78 is 28.1. The van der Waals surface area contributed by atoms with Crippen molar-refractivity contribution in [3.63, 3.8) is 0 Å². The zero-order valence-electron chi connectivity index (χ0n) is 17.9. The smallest absolute Gasteiger partial charge is 0.290 e. The van der Waals surface area contributed by atoms with Crippen LogP contribution in [-0.4, -0.2) is 63.2 Å². The molecule has 0 aliphatic carbocycles. The largest absolute Gasteiger partial charge is 0.483 e. The number of aromatic nitrogens is 1. The Morgan fingerprint density at radius 1 is 0.875 bits per heavy atom. The van der Waals surface area contributed by atoms with Crippen molar-refractivity contribution in [1.82, 2.24) is 9.29 Å². The first-order chi connectivity index (χ1) is 15.6. The molecule has 8 nitrogen and oxygen atoms in total. The lowest BCUT2D eigenvalue weighted by Crippen LogP contribution is -2.43. The molecule has 0 bridgehead atoms. The molecule has 0 unspecified atom stereocenters. The number of rotatable bonds is 4. The quantitative estimate of drug-likeness (QED) is 0.583. The van der Waals surface area contributed by atoms with Crippen LogP contribution in [0.25, 0.3) is 10.9 Å². The Balaban J connectivity index is 0.000000775. The normalized spacial score (nSPS) is 16.6. The van der Waals surface area contributed by atoms with E-state index in [1.54, 1.807) is 18.3 Å². The number of hydrogen-bond donors (Lipinski definition) is 2. The maximum atomic E-state index is 13.4. The van der Waals surface area contributed by atoms with Crippen molar-refractivity contribution in [3.05, 3.63) is 54.7 Å². The third-order valence-electron chi connectivity index (χ3n) is 6.00. The molecule has 2 aliphatic rings. The molecule has 3 heterocycles. The SMILES string of the molecule is O=CO.O=S(=O)(c1ccc(N2CCCC2)cc1)n1ccc2c(N3CCNCC3)cccc21. The van der Waals surface area contributed by atoms with Crippen molar-refractivity contribution >= 4 is 38.8 Å². The molecule has 2 aromatic carbocycles. The van der Waals surface area contributed by atoms with Crippen LogP contribution in [0.3, 0.4) is 0 Å². The molecule has 2 N–H and O–H groups in total. The molecule has 2 saturated heterocycles. The zero-order valence-corrected chi connectivity index (χ0v) is 18.7. The van der Waals surface area contributed by atoms with Crippen LogP contribution in [0.2, 0.25) is 0 Å². The summed E-state index contributed by atoms with van der Waals surface area (Å²) in [5, 5.41) is 11.2. The second-order valence-electron chi connectivity index (χ2n) is 7.86. The van der Waals surface area contributed by atoms with Gasteiger partial charge in [-0.15, -0.1) is 0 Å². The summed E-state index contributed by atoms with van der Waals surface area (Å²) in [6.45, 7) is 5.58. The van der Waals surface area contributed by atoms with Gasteiger partial charge >= 0.3 is 0 Å². The summed E-state index contributed by atoms with van der Waals surface area (Å²) in [4.78, 5) is 13.3. The number of hydrogen-bond acceptors (Lipinski definition) is 6. The van der Waals surface area contributed by atoms with Gasteiger partial charge in [-0.1, -0.05) is 6.07 Å². The Bertz CT molecular complexity index is 1160. The van der Waals surface area contributed by atoms with Gasteiger partial charge in [-0.25, -0.2) is 12.4 Å². The van der Waals surface area contributed by atoms with Crippen LogP contribution in [0.4, 0.5) is 11.4 Å². The van der Waals surface area contributed by atoms with Crippen molar-refractivity contribution in [2.24, 2.45) is 0 Å². The van der Waals surface area contributed by atoms with Crippen molar-refractivity contribution in [3.8, 4) is 0 Å². The molecule has 32 heavy (non-hydrogen) atoms. The highest BCUT2D eigenvalue weighted by atomic mass is 32.2. The fourth-order valence-corrected chi connectivity index (χ4v) is 5.78. The van der Waals surface area contributed by atoms with E-state index in [1.807, 2.05) is 30.3 Å². The van der Waals surface area contributed by atoms with Crippen LogP contribution in [0.15, 0.2) is 59.6 Å². The minimum absolute atomic E-state index is 0.250. The Kier molecular flexibility index (Phi) is 6.66. The van der Waals surface area contributed by atoms with Crippen molar-refractivity contribution in [2.45, 2.75) is 17.7 Å². The minimum atomic E-state index is -3.64. The summed E-state index contributed by atoms with van der Waals surface area (Å²) in [6.07, 6.45) is 4.08. The average molecular weight is 457 g/mol. The second-order valence-corrected chi connectivity index (χ2v) is 9.67. The highest BCUT2D eigenvalue weighted by Crippen LogP contribution is 2.31. The van der Waals surface area contributed by atoms with E-state index in [4.69, 9.17) is 9.90 Å². The number of fused-ring (bicyclic) bond motifs is 1. The van der Waals surface area contributed by atoms with Crippen LogP contribution in [0.1, 0.15) is 12.8 Å². The standard InChI is InChI=1S/C22H26N4O2S.CH2O2/c27-29(28,19-8-6-18(7-9-19)24-13-1-2-14-24)26-15-10-20-21(4-3-5-22(20)26)25-16-11-23-12-17-25;2-1-3/h3-10,15,23H,1-2,11-14,16-17H2;1H,(H,2,3). The van der Waals surface area contributed by atoms with Crippen LogP contribution in [0, 0.1) is 0 Å². The Hall–Kier alpha value is -3.04. The van der Waals surface area contributed by atoms with Gasteiger partial charge in [0.1, 0.15) is 0 Å². The maximum Gasteiger partial charge on any atom is 0.290 e. The first kappa shape index (κ1) is 22.2. The molecule has 0 spiro atoms. The number of anilines is 2. The molecule has 0 radical (unpaired) electrons. The molecule has 3 aromatic rings. The lowest BCUT2D eigenvalue weighted by atomic mass is 10.2. The summed E-state index contributed by atoms with van der Waals surface area (Å²) in [5.41, 5.74) is 2.92. The Morgan fingerprint density at radius 2 is 1.53 bits per heavy atom. The van der Waals surface area contributed by atoms with Crippen LogP contribution in [0.5, 0.6) is 0 Å². The predicted octanol–water partition coefficient (Wildman–Crippen LogP) is 2.59. The second kappa shape index (κ2) is 9.62. The summed E-state index contributed by atoms with van der Waals surface area (Å²) in [6, 6.07) is 15.1. The molecule has 2 aliphatic heterocycles. The van der Waals surface area contributed by atoms with Gasteiger partial charge in [0.15, 0.2) is 0 Å². The molecule has 5 rings (SSSR count). The molecule has 1 aromatic heterocycles. The van der Waals surface area contributed by atoms with Gasteiger partial charge in [0, 0.05) is 62.2 Å². The lowest BCUT2D eigenvalue weighted by molar-refractivity contribution is -0.122. The van der Waals surface area contributed by atoms with Gasteiger partial charge < -0.3 is 20.2 Å². The fourth-order valence-electron chi connectivity index (χ4n) is 4.44. The van der Waals surface area contributed by atoms with E-state index < -0.39 is 10.0 Å². The van der Waals surface area contributed by atoms with E-state index in [2.05, 4.69) is 21.2 Å². The number of benzene rings is 2. The van der Waals surface area contributed by atoms with Gasteiger partial charge in [-0.3, -0.25) is 4.79 Å². The van der Waals surface area contributed by atoms with Gasteiger partial charge in [-0.05, 0) is 55.3 Å². The van der Waals surface area contributed by atoms with Crippen LogP contribution < -0.4 is 15.1 Å². The van der Waals surface area contributed by atoms with Gasteiger partial charge in [-0.2, -0.15) is 0 Å². The number of carboxylic acid groups (broad SMARTS) is 1. The maximum absolute atomic E-state index is 13.4. The molecule has 2 fully saturated rings. The first-order valence-electron chi connectivity index (χ1n) is 10.8. The van der Waals surface area contributed by atoms with Crippen molar-refractivity contribution < 1.29 is 18.3 Å². The van der Waals surface area contributed by atoms with E-state index in [0.717, 1.165) is 61.5 Å². The summed E-state index contributed by atoms with van der Waals surface area (Å²) in [7, 11) is -3.64. The molecular weight excluding hydrogens is 428 g/mol. The fraction of sp³-hybridized carbons (Fsp3) is 0.348. The monoisotopic (exact) mass is 456 g/mol. The molecule has 0 saturated carbocycles. The first-order valence-corrected chi connectivity index (χ1v) is 12.2. The summed E-state index contributed by atoms with van der Waals surface area (Å²) >= 11 is 0. The molecule has 170 valence electrons. The number of nitrogens with one attached hydrogen (secondary N) is 1. The predicted molar refractivity (Wildman–Crippen MR) is 126 cm³/mol. The minimum Gasteiger partial charge on any atom is -0.483 e. The highest BCUT2D eigenvalue weighted by Gasteiger charge is 2.22. The van der Waals surface area contributed by atoms with E-state index in [0.29, 0.717) is 4.90 Å². The number of piperazine rings is 1. The van der Waals surface area contributed by atoms with Crippen LogP contribution >= 0.6 is 0 Å². The Morgan fingerprint density at radius 3 is 2.19 bits per heavy atom. The van der Waals surface area contributed by atoms with Gasteiger partial charge in [0.25, 0.3) is 16.5 Å². The zero-order chi connectivity index (χ0) is 22.6. The summed E-state index contributed by atoms with van der Waals surface area (Å²) in [5.74, 6) is 0. The third kappa shape index (κ3) is 4.31. The van der Waals surface area contributed by atoms with Crippen molar-refractivity contribution in [1.29, 1.82) is 0 Å². The average Bonchev–Trinajstić information content (AvgIpc) is 3.51. The van der Waals surface area contributed by atoms with E-state index in [1.165, 1.54) is 16.8 Å².